The van der Waals surface area contributed by atoms with Crippen LogP contribution in [0.4, 0.5) is 0 Å². The van der Waals surface area contributed by atoms with Crippen LogP contribution in [0.3, 0.4) is 0 Å². The van der Waals surface area contributed by atoms with Gasteiger partial charge in [-0.1, -0.05) is 113 Å². The van der Waals surface area contributed by atoms with Gasteiger partial charge in [0.15, 0.2) is 5.60 Å². The fourth-order valence-electron chi connectivity index (χ4n) is 13.2. The number of hydrogen-bond donors (Lipinski definition) is 0. The van der Waals surface area contributed by atoms with Gasteiger partial charge in [0.25, 0.3) is 0 Å². The highest BCUT2D eigenvalue weighted by molar-refractivity contribution is 6.10. The number of benzene rings is 8. The molecule has 9 heteroatoms. The van der Waals surface area contributed by atoms with E-state index in [2.05, 4.69) is 131 Å². The Morgan fingerprint density at radius 1 is 0.455 bits per heavy atom. The zero-order valence-corrected chi connectivity index (χ0v) is 44.7. The van der Waals surface area contributed by atoms with Gasteiger partial charge in [0.2, 0.25) is 0 Å². The molecule has 8 aromatic rings. The molecule has 7 aliphatic heterocycles. The second-order valence-corrected chi connectivity index (χ2v) is 22.3. The Hall–Kier alpha value is -7.56. The van der Waals surface area contributed by atoms with Gasteiger partial charge in [0, 0.05) is 33.1 Å². The topological polar surface area (TPSA) is 83.1 Å². The van der Waals surface area contributed by atoms with Crippen molar-refractivity contribution in [1.29, 1.82) is 0 Å². The van der Waals surface area contributed by atoms with E-state index in [4.69, 9.17) is 42.6 Å². The van der Waals surface area contributed by atoms with Crippen LogP contribution >= 0.6 is 0 Å². The minimum atomic E-state index is -1.09. The van der Waals surface area contributed by atoms with Crippen molar-refractivity contribution in [2.24, 2.45) is 10.8 Å². The molecule has 1 saturated carbocycles. The largest absolute Gasteiger partial charge is 0.496 e. The van der Waals surface area contributed by atoms with Crippen molar-refractivity contribution in [2.75, 3.05) is 60.0 Å². The van der Waals surface area contributed by atoms with Crippen molar-refractivity contribution < 1.29 is 42.6 Å². The fourth-order valence-corrected chi connectivity index (χ4v) is 13.2. The van der Waals surface area contributed by atoms with Crippen LogP contribution in [-0.2, 0) is 25.2 Å². The maximum atomic E-state index is 7.98. The molecule has 77 heavy (non-hydrogen) atoms. The lowest BCUT2D eigenvalue weighted by Gasteiger charge is -2.52. The molecule has 0 aromatic heterocycles. The molecule has 0 N–H and O–H groups in total. The fraction of sp³-hybridized carbons (Fsp3) is 0.294. The molecule has 0 unspecified atom stereocenters. The molecule has 392 valence electrons. The van der Waals surface area contributed by atoms with Gasteiger partial charge in [-0.25, -0.2) is 0 Å². The zero-order valence-electron chi connectivity index (χ0n) is 44.7. The highest BCUT2D eigenvalue weighted by atomic mass is 16.6. The number of hydrogen-bond acceptors (Lipinski definition) is 9. The minimum Gasteiger partial charge on any atom is -0.496 e. The third-order valence-electron chi connectivity index (χ3n) is 15.6. The molecule has 2 aliphatic carbocycles. The van der Waals surface area contributed by atoms with E-state index >= 15 is 0 Å². The lowest BCUT2D eigenvalue weighted by molar-refractivity contribution is 0.00499. The van der Waals surface area contributed by atoms with E-state index in [9.17, 15) is 0 Å². The number of methoxy groups -OCH3 is 1. The van der Waals surface area contributed by atoms with E-state index in [1.165, 1.54) is 22.3 Å². The van der Waals surface area contributed by atoms with E-state index in [0.29, 0.717) is 75.9 Å². The first-order valence-corrected chi connectivity index (χ1v) is 27.0. The van der Waals surface area contributed by atoms with Gasteiger partial charge in [0.1, 0.15) is 59.2 Å². The summed E-state index contributed by atoms with van der Waals surface area (Å²) in [4.78, 5) is 0. The second kappa shape index (κ2) is 20.8. The number of fused-ring (bicyclic) bond motifs is 12. The van der Waals surface area contributed by atoms with Crippen molar-refractivity contribution >= 4 is 16.8 Å². The molecule has 17 rings (SSSR count). The van der Waals surface area contributed by atoms with Crippen LogP contribution in [-0.4, -0.2) is 60.0 Å². The van der Waals surface area contributed by atoms with Crippen LogP contribution in [0, 0.1) is 10.8 Å². The van der Waals surface area contributed by atoms with Crippen molar-refractivity contribution in [1.82, 2.24) is 0 Å². The van der Waals surface area contributed by atoms with Gasteiger partial charge >= 0.3 is 0 Å². The van der Waals surface area contributed by atoms with Crippen molar-refractivity contribution in [3.8, 4) is 68.2 Å². The molecule has 0 saturated heterocycles. The first kappa shape index (κ1) is 50.3. The minimum absolute atomic E-state index is 0.0704. The summed E-state index contributed by atoms with van der Waals surface area (Å²) in [6, 6.07) is 56.2. The molecule has 8 aromatic carbocycles. The summed E-state index contributed by atoms with van der Waals surface area (Å²) in [5, 5.41) is 2.14. The van der Waals surface area contributed by atoms with Crippen LogP contribution in [0.5, 0.6) is 46.0 Å². The number of rotatable bonds is 2. The van der Waals surface area contributed by atoms with Gasteiger partial charge in [-0.3, -0.25) is 0 Å². The van der Waals surface area contributed by atoms with Crippen molar-refractivity contribution in [3.63, 3.8) is 0 Å². The Labute approximate surface area is 452 Å². The molecule has 9 nitrogen and oxygen atoms in total. The van der Waals surface area contributed by atoms with Crippen molar-refractivity contribution in [3.05, 3.63) is 198 Å². The summed E-state index contributed by atoms with van der Waals surface area (Å²) in [5.74, 6) is 5.83. The normalized spacial score (nSPS) is 18.4. The first-order chi connectivity index (χ1) is 37.5. The average Bonchev–Trinajstić information content (AvgIpc) is 4.00. The van der Waals surface area contributed by atoms with Gasteiger partial charge in [-0.05, 0) is 154 Å². The zero-order chi connectivity index (χ0) is 52.6. The van der Waals surface area contributed by atoms with Crippen molar-refractivity contribution in [2.45, 2.75) is 58.0 Å². The highest BCUT2D eigenvalue weighted by Crippen LogP contribution is 2.67. The SMILES string of the molecule is COc1cc2c3c(c4c(c2cc1-c1ccccc1)-c1ccccc1C41CC(C)(C)CC(C)(C)C1)C=CC1(O3)c2ccc(cc2)Oc2ccc(cc2)OCCOCCOCCOCCOc2ccc(cc2)Oc2ccc1cc2. The quantitative estimate of drug-likeness (QED) is 0.168. The second-order valence-electron chi connectivity index (χ2n) is 22.3. The molecule has 9 aliphatic rings. The number of ether oxygens (including phenoxy) is 9. The average molecular weight is 1030 g/mol. The van der Waals surface area contributed by atoms with Crippen LogP contribution in [0.2, 0.25) is 0 Å². The summed E-state index contributed by atoms with van der Waals surface area (Å²) in [7, 11) is 1.76. The third-order valence-corrected chi connectivity index (χ3v) is 15.6. The lowest BCUT2D eigenvalue weighted by Crippen LogP contribution is -2.44. The van der Waals surface area contributed by atoms with Gasteiger partial charge in [-0.15, -0.1) is 0 Å². The third kappa shape index (κ3) is 9.93. The molecular formula is C68H66O9. The van der Waals surface area contributed by atoms with E-state index in [-0.39, 0.29) is 16.2 Å². The molecule has 0 amide bonds. The van der Waals surface area contributed by atoms with E-state index in [1.807, 2.05) is 72.8 Å². The monoisotopic (exact) mass is 1030 g/mol. The highest BCUT2D eigenvalue weighted by Gasteiger charge is 2.55. The summed E-state index contributed by atoms with van der Waals surface area (Å²) >= 11 is 0. The molecule has 0 atom stereocenters. The Kier molecular flexibility index (Phi) is 13.6. The van der Waals surface area contributed by atoms with Crippen LogP contribution in [0.25, 0.3) is 39.1 Å². The van der Waals surface area contributed by atoms with E-state index in [1.54, 1.807) is 7.11 Å². The molecule has 0 radical (unpaired) electrons. The van der Waals surface area contributed by atoms with Crippen LogP contribution < -0.4 is 28.4 Å². The van der Waals surface area contributed by atoms with Crippen LogP contribution in [0.1, 0.15) is 74.8 Å². The Balaban J connectivity index is 0.996. The Bertz CT molecular complexity index is 3300. The predicted octanol–water partition coefficient (Wildman–Crippen LogP) is 15.8. The molecule has 8 bridgehead atoms. The van der Waals surface area contributed by atoms with Gasteiger partial charge < -0.3 is 42.6 Å². The smallest absolute Gasteiger partial charge is 0.178 e. The van der Waals surface area contributed by atoms with Gasteiger partial charge in [0.05, 0.1) is 46.8 Å². The van der Waals surface area contributed by atoms with E-state index in [0.717, 1.165) is 80.9 Å². The van der Waals surface area contributed by atoms with Crippen LogP contribution in [0.15, 0.2) is 170 Å². The summed E-state index contributed by atoms with van der Waals surface area (Å²) in [5.41, 5.74) is 9.24. The summed E-state index contributed by atoms with van der Waals surface area (Å²) < 4.78 is 56.3. The first-order valence-electron chi connectivity index (χ1n) is 27.0. The summed E-state index contributed by atoms with van der Waals surface area (Å²) in [6.07, 6.45) is 7.80. The lowest BCUT2D eigenvalue weighted by atomic mass is 9.52. The van der Waals surface area contributed by atoms with Gasteiger partial charge in [-0.2, -0.15) is 0 Å². The Morgan fingerprint density at radius 2 is 0.935 bits per heavy atom. The molecule has 2 spiro atoms. The van der Waals surface area contributed by atoms with E-state index < -0.39 is 5.60 Å². The molecule has 1 fully saturated rings. The summed E-state index contributed by atoms with van der Waals surface area (Å²) in [6.45, 7) is 13.4. The Morgan fingerprint density at radius 3 is 1.47 bits per heavy atom. The predicted molar refractivity (Wildman–Crippen MR) is 303 cm³/mol. The maximum Gasteiger partial charge on any atom is 0.178 e. The maximum absolute atomic E-state index is 7.98. The molecular weight excluding hydrogens is 961 g/mol. The standard InChI is InChI=1S/C68H66O9/c1-65(2)43-66(3,4)45-67(44-65)60-14-10-9-13-55(60)62-58-41-57(46-11-7-6-8-12-46)61(69-5)42-59(58)64-56(63(62)67)31-32-68(77-64)47-15-19-51(20-16-47)75-53-27-23-49(24-28-53)73-39-37-71-35-33-70-34-36-72-38-40-74-50-25-29-54(30-26-50)76-52-21-17-48(68)18-22-52/h6-32,41-42H,33-40,43-45H2,1-5H3. The molecule has 7 heterocycles.